The molecule has 0 heterocycles. The van der Waals surface area contributed by atoms with E-state index in [4.69, 9.17) is 46.7 Å². The van der Waals surface area contributed by atoms with Crippen LogP contribution in [0.3, 0.4) is 0 Å². The van der Waals surface area contributed by atoms with E-state index in [0.29, 0.717) is 23.8 Å². The number of hydrogen-bond donors (Lipinski definition) is 6. The Bertz CT molecular complexity index is 1240. The fourth-order valence-corrected chi connectivity index (χ4v) is 2.89. The summed E-state index contributed by atoms with van der Waals surface area (Å²) in [7, 11) is 4.77. The number of nitrogens with zero attached hydrogens (tertiary/aromatic N) is 1. The van der Waals surface area contributed by atoms with Gasteiger partial charge in [0.15, 0.2) is 5.75 Å². The number of carboxylic acids is 1. The summed E-state index contributed by atoms with van der Waals surface area (Å²) in [6, 6.07) is 11.3. The molecule has 14 heteroatoms. The summed E-state index contributed by atoms with van der Waals surface area (Å²) in [6.45, 7) is 0.371. The van der Waals surface area contributed by atoms with Crippen LogP contribution in [0.15, 0.2) is 48.5 Å². The molecule has 0 saturated carbocycles. The number of aromatic hydroxyl groups is 2. The first kappa shape index (κ1) is 30.8. The number of amides is 1. The summed E-state index contributed by atoms with van der Waals surface area (Å²) in [6.07, 6.45) is 0. The van der Waals surface area contributed by atoms with Gasteiger partial charge in [0.1, 0.15) is 22.8 Å². The molecule has 38 heavy (non-hydrogen) atoms. The topological polar surface area (TPSA) is 244 Å². The number of anilines is 1. The number of nitro benzene ring substituents is 1. The Balaban J connectivity index is 0.000000287. The number of methoxy groups -OCH3 is 3. The number of primary amides is 1. The Labute approximate surface area is 216 Å². The van der Waals surface area contributed by atoms with Crippen molar-refractivity contribution in [2.45, 2.75) is 6.54 Å². The molecule has 14 nitrogen and oxygen atoms in total. The molecule has 0 bridgehead atoms. The lowest BCUT2D eigenvalue weighted by Gasteiger charge is -2.13. The highest BCUT2D eigenvalue weighted by atomic mass is 16.6. The second kappa shape index (κ2) is 14.4. The normalized spacial score (nSPS) is 9.58. The number of nitrogens with two attached hydrogens (primary N) is 3. The summed E-state index contributed by atoms with van der Waals surface area (Å²) < 4.78 is 15.5. The van der Waals surface area contributed by atoms with E-state index in [0.717, 1.165) is 17.7 Å². The smallest absolute Gasteiger partial charge is 0.339 e. The summed E-state index contributed by atoms with van der Waals surface area (Å²) >= 11 is 0. The predicted molar refractivity (Wildman–Crippen MR) is 137 cm³/mol. The predicted octanol–water partition coefficient (Wildman–Crippen LogP) is 2.24. The van der Waals surface area contributed by atoms with Crippen LogP contribution < -0.4 is 31.4 Å². The minimum Gasteiger partial charge on any atom is -0.505 e. The van der Waals surface area contributed by atoms with E-state index in [2.05, 4.69) is 0 Å². The fourth-order valence-electron chi connectivity index (χ4n) is 2.89. The number of rotatable bonds is 7. The molecule has 0 aliphatic carbocycles. The average Bonchev–Trinajstić information content (AvgIpc) is 2.89. The zero-order chi connectivity index (χ0) is 29.0. The number of carbonyl (C=O) groups excluding carboxylic acids is 1. The van der Waals surface area contributed by atoms with Crippen LogP contribution in [0.4, 0.5) is 11.4 Å². The SMILES string of the molecule is COc1cc(OC)c(CN)c(OC)c1.NC(=O)c1cccc(N)c1O.O=C(O)c1cccc([N+](=O)[O-])c1O. The monoisotopic (exact) mass is 532 g/mol. The van der Waals surface area contributed by atoms with E-state index in [1.54, 1.807) is 39.5 Å². The summed E-state index contributed by atoms with van der Waals surface area (Å²) in [5.74, 6) is -1.10. The summed E-state index contributed by atoms with van der Waals surface area (Å²) in [4.78, 5) is 30.4. The lowest BCUT2D eigenvalue weighted by atomic mass is 10.1. The molecular formula is C24H28N4O10. The first-order valence-electron chi connectivity index (χ1n) is 10.5. The number of carboxylic acid groups (broad SMARTS) is 1. The van der Waals surface area contributed by atoms with Crippen molar-refractivity contribution in [2.24, 2.45) is 11.5 Å². The van der Waals surface area contributed by atoms with Crippen LogP contribution in [-0.2, 0) is 6.54 Å². The van der Waals surface area contributed by atoms with Gasteiger partial charge in [0.25, 0.3) is 5.91 Å². The van der Waals surface area contributed by atoms with Crippen LogP contribution in [0.2, 0.25) is 0 Å². The minimum atomic E-state index is -1.40. The third-order valence-corrected chi connectivity index (χ3v) is 4.80. The molecule has 0 saturated heterocycles. The van der Waals surface area contributed by atoms with Crippen molar-refractivity contribution in [1.82, 2.24) is 0 Å². The molecule has 3 rings (SSSR count). The molecule has 204 valence electrons. The van der Waals surface area contributed by atoms with Gasteiger partial charge in [-0.25, -0.2) is 4.79 Å². The maximum absolute atomic E-state index is 10.6. The van der Waals surface area contributed by atoms with E-state index in [1.165, 1.54) is 18.2 Å². The molecule has 0 aromatic heterocycles. The van der Waals surface area contributed by atoms with Gasteiger partial charge in [0.05, 0.1) is 37.5 Å². The number of nitrogen functional groups attached to an aromatic ring is 1. The van der Waals surface area contributed by atoms with Gasteiger partial charge in [0, 0.05) is 30.3 Å². The first-order chi connectivity index (χ1) is 17.9. The Morgan fingerprint density at radius 3 is 1.84 bits per heavy atom. The number of benzene rings is 3. The van der Waals surface area contributed by atoms with Crippen LogP contribution in [0.25, 0.3) is 0 Å². The van der Waals surface area contributed by atoms with E-state index in [-0.39, 0.29) is 17.0 Å². The molecule has 0 fully saturated rings. The van der Waals surface area contributed by atoms with E-state index >= 15 is 0 Å². The molecule has 3 aromatic rings. The molecule has 0 aliphatic heterocycles. The van der Waals surface area contributed by atoms with Crippen LogP contribution in [0, 0.1) is 10.1 Å². The van der Waals surface area contributed by atoms with Gasteiger partial charge < -0.3 is 46.7 Å². The third-order valence-electron chi connectivity index (χ3n) is 4.80. The molecule has 0 spiro atoms. The van der Waals surface area contributed by atoms with Crippen molar-refractivity contribution in [2.75, 3.05) is 27.1 Å². The molecule has 0 unspecified atom stereocenters. The average molecular weight is 533 g/mol. The Kier molecular flexibility index (Phi) is 11.6. The van der Waals surface area contributed by atoms with Gasteiger partial charge in [-0.3, -0.25) is 14.9 Å². The van der Waals surface area contributed by atoms with Gasteiger partial charge >= 0.3 is 11.7 Å². The van der Waals surface area contributed by atoms with Gasteiger partial charge in [-0.05, 0) is 18.2 Å². The van der Waals surface area contributed by atoms with Crippen molar-refractivity contribution < 1.29 is 44.0 Å². The van der Waals surface area contributed by atoms with E-state index in [9.17, 15) is 19.7 Å². The quantitative estimate of drug-likeness (QED) is 0.111. The fraction of sp³-hybridized carbons (Fsp3) is 0.167. The van der Waals surface area contributed by atoms with Crippen molar-refractivity contribution in [3.05, 3.63) is 75.3 Å². The maximum atomic E-state index is 10.6. The molecule has 0 atom stereocenters. The largest absolute Gasteiger partial charge is 0.505 e. The van der Waals surface area contributed by atoms with E-state index in [1.807, 2.05) is 0 Å². The number of phenols is 2. The maximum Gasteiger partial charge on any atom is 0.339 e. The van der Waals surface area contributed by atoms with Crippen molar-refractivity contribution in [1.29, 1.82) is 0 Å². The lowest BCUT2D eigenvalue weighted by Crippen LogP contribution is -2.11. The molecule has 0 radical (unpaired) electrons. The number of aromatic carboxylic acids is 1. The highest BCUT2D eigenvalue weighted by Crippen LogP contribution is 2.33. The van der Waals surface area contributed by atoms with Crippen LogP contribution in [0.1, 0.15) is 26.3 Å². The van der Waals surface area contributed by atoms with E-state index < -0.39 is 33.8 Å². The highest BCUT2D eigenvalue weighted by Gasteiger charge is 2.19. The van der Waals surface area contributed by atoms with Crippen molar-refractivity contribution in [3.63, 3.8) is 0 Å². The minimum absolute atomic E-state index is 0.0463. The molecular weight excluding hydrogens is 504 g/mol. The lowest BCUT2D eigenvalue weighted by molar-refractivity contribution is -0.385. The second-order valence-electron chi connectivity index (χ2n) is 7.06. The van der Waals surface area contributed by atoms with Crippen molar-refractivity contribution >= 4 is 23.3 Å². The molecule has 9 N–H and O–H groups in total. The van der Waals surface area contributed by atoms with Gasteiger partial charge in [-0.1, -0.05) is 12.1 Å². The number of para-hydroxylation sites is 2. The van der Waals surface area contributed by atoms with Gasteiger partial charge in [-0.15, -0.1) is 0 Å². The number of ether oxygens (including phenoxy) is 3. The standard InChI is InChI=1S/C10H15NO3.C7H8N2O2.C7H5NO5/c1-12-7-4-9(13-2)8(6-11)10(5-7)14-3;8-5-3-1-2-4(6(5)10)7(9)11;9-6-4(7(10)11)2-1-3-5(6)8(12)13/h4-5H,6,11H2,1-3H3;1-3,10H,8H2,(H2,9,11);1-3,9H,(H,10,11). The summed E-state index contributed by atoms with van der Waals surface area (Å²) in [5, 5.41) is 37.0. The third kappa shape index (κ3) is 7.89. The Morgan fingerprint density at radius 2 is 1.45 bits per heavy atom. The van der Waals surface area contributed by atoms with Gasteiger partial charge in [-0.2, -0.15) is 0 Å². The number of nitro groups is 1. The highest BCUT2D eigenvalue weighted by molar-refractivity contribution is 5.97. The summed E-state index contributed by atoms with van der Waals surface area (Å²) in [5.41, 5.74) is 15.8. The molecule has 3 aromatic carbocycles. The first-order valence-corrected chi connectivity index (χ1v) is 10.5. The zero-order valence-electron chi connectivity index (χ0n) is 20.7. The Hall–Kier alpha value is -5.24. The second-order valence-corrected chi connectivity index (χ2v) is 7.06. The molecule has 0 aliphatic rings. The van der Waals surface area contributed by atoms with Crippen LogP contribution >= 0.6 is 0 Å². The Morgan fingerprint density at radius 1 is 0.921 bits per heavy atom. The number of hydrogen-bond acceptors (Lipinski definition) is 11. The van der Waals surface area contributed by atoms with Crippen molar-refractivity contribution in [3.8, 4) is 28.7 Å². The van der Waals surface area contributed by atoms with Crippen LogP contribution in [-0.4, -0.2) is 53.4 Å². The number of carbonyl (C=O) groups is 2. The van der Waals surface area contributed by atoms with Gasteiger partial charge in [0.2, 0.25) is 5.75 Å². The molecule has 1 amide bonds. The van der Waals surface area contributed by atoms with Crippen LogP contribution in [0.5, 0.6) is 28.7 Å². The zero-order valence-corrected chi connectivity index (χ0v) is 20.7.